The summed E-state index contributed by atoms with van der Waals surface area (Å²) >= 11 is 0. The first-order valence-electron chi connectivity index (χ1n) is 9.41. The Hall–Kier alpha value is -3.30. The number of benzene rings is 2. The molecule has 3 aromatic rings. The number of aromatic nitrogens is 2. The van der Waals surface area contributed by atoms with Gasteiger partial charge in [-0.1, -0.05) is 12.1 Å². The zero-order chi connectivity index (χ0) is 22.2. The second-order valence-corrected chi connectivity index (χ2v) is 7.05. The lowest BCUT2D eigenvalue weighted by Gasteiger charge is -2.24. The second-order valence-electron chi connectivity index (χ2n) is 7.05. The molecule has 0 amide bonds. The van der Waals surface area contributed by atoms with Crippen molar-refractivity contribution in [1.29, 1.82) is 0 Å². The molecule has 4 rings (SSSR count). The molecule has 2 N–H and O–H groups in total. The summed E-state index contributed by atoms with van der Waals surface area (Å²) in [5, 5.41) is 9.94. The smallest absolute Gasteiger partial charge is 0.419 e. The standard InChI is InChI=1S/C21H18F5N3O2/c1-30-17-7-13(12-5-6-27-20-14(12)9-28-29-20)16(23)8-18(17)31-10-11-3-2-4-15(22)19(11)21(24,25)26/h2-4,7-9,12H,5-6,10H2,1H3,(H2,27,28,29). The lowest BCUT2D eigenvalue weighted by atomic mass is 9.87. The van der Waals surface area contributed by atoms with Crippen molar-refractivity contribution in [2.24, 2.45) is 0 Å². The quantitative estimate of drug-likeness (QED) is 0.534. The molecule has 0 aliphatic carbocycles. The van der Waals surface area contributed by atoms with Gasteiger partial charge in [0.25, 0.3) is 0 Å². The first kappa shape index (κ1) is 21.0. The largest absolute Gasteiger partial charge is 0.493 e. The molecule has 0 saturated carbocycles. The zero-order valence-electron chi connectivity index (χ0n) is 16.3. The summed E-state index contributed by atoms with van der Waals surface area (Å²) in [6.07, 6.45) is -2.66. The second kappa shape index (κ2) is 8.09. The number of ether oxygens (including phenoxy) is 2. The van der Waals surface area contributed by atoms with E-state index in [4.69, 9.17) is 9.47 Å². The lowest BCUT2D eigenvalue weighted by molar-refractivity contribution is -0.141. The molecule has 1 aliphatic heterocycles. The van der Waals surface area contributed by atoms with Gasteiger partial charge in [0.2, 0.25) is 0 Å². The molecule has 0 fully saturated rings. The number of hydrogen-bond acceptors (Lipinski definition) is 4. The van der Waals surface area contributed by atoms with Gasteiger partial charge in [-0.05, 0) is 24.1 Å². The van der Waals surface area contributed by atoms with Crippen LogP contribution in [0.2, 0.25) is 0 Å². The Morgan fingerprint density at radius 1 is 1.10 bits per heavy atom. The number of anilines is 1. The SMILES string of the molecule is COc1cc(C2CCNc3[nH]ncc32)c(F)cc1OCc1cccc(F)c1C(F)(F)F. The lowest BCUT2D eigenvalue weighted by Crippen LogP contribution is -2.18. The molecular formula is C21H18F5N3O2. The summed E-state index contributed by atoms with van der Waals surface area (Å²) in [6.45, 7) is 0.000630. The summed E-state index contributed by atoms with van der Waals surface area (Å²) in [5.74, 6) is -1.49. The molecule has 2 aromatic carbocycles. The number of aromatic amines is 1. The third-order valence-electron chi connectivity index (χ3n) is 5.20. The zero-order valence-corrected chi connectivity index (χ0v) is 16.3. The third-order valence-corrected chi connectivity index (χ3v) is 5.20. The number of nitrogens with zero attached hydrogens (tertiary/aromatic N) is 1. The number of alkyl halides is 3. The highest BCUT2D eigenvalue weighted by Crippen LogP contribution is 2.41. The van der Waals surface area contributed by atoms with E-state index in [9.17, 15) is 22.0 Å². The van der Waals surface area contributed by atoms with Gasteiger partial charge in [0.05, 0.1) is 18.9 Å². The molecule has 2 heterocycles. The highest BCUT2D eigenvalue weighted by Gasteiger charge is 2.37. The number of hydrogen-bond donors (Lipinski definition) is 2. The predicted molar refractivity (Wildman–Crippen MR) is 102 cm³/mol. The van der Waals surface area contributed by atoms with E-state index >= 15 is 0 Å². The van der Waals surface area contributed by atoms with Crippen LogP contribution in [0.1, 0.15) is 34.6 Å². The molecule has 0 radical (unpaired) electrons. The minimum absolute atomic E-state index is 0.0810. The normalized spacial score (nSPS) is 15.9. The molecule has 0 bridgehead atoms. The Bertz CT molecular complexity index is 1100. The highest BCUT2D eigenvalue weighted by molar-refractivity contribution is 5.54. The van der Waals surface area contributed by atoms with Crippen molar-refractivity contribution < 1.29 is 31.4 Å². The maximum absolute atomic E-state index is 15.0. The summed E-state index contributed by atoms with van der Waals surface area (Å²) in [4.78, 5) is 0. The molecular weight excluding hydrogens is 421 g/mol. The van der Waals surface area contributed by atoms with Crippen LogP contribution in [0.25, 0.3) is 0 Å². The van der Waals surface area contributed by atoms with E-state index in [2.05, 4.69) is 15.5 Å². The van der Waals surface area contributed by atoms with E-state index in [-0.39, 0.29) is 17.4 Å². The fraction of sp³-hybridized carbons (Fsp3) is 0.286. The Labute approximate surface area is 174 Å². The van der Waals surface area contributed by atoms with Crippen LogP contribution in [0.5, 0.6) is 11.5 Å². The Morgan fingerprint density at radius 2 is 1.90 bits per heavy atom. The number of halogens is 5. The van der Waals surface area contributed by atoms with Crippen LogP contribution in [0.4, 0.5) is 27.8 Å². The monoisotopic (exact) mass is 439 g/mol. The Morgan fingerprint density at radius 3 is 2.65 bits per heavy atom. The minimum atomic E-state index is -4.89. The van der Waals surface area contributed by atoms with Crippen molar-refractivity contribution in [2.75, 3.05) is 19.0 Å². The molecule has 1 aliphatic rings. The third kappa shape index (κ3) is 4.01. The summed E-state index contributed by atoms with van der Waals surface area (Å²) in [5.41, 5.74) is -0.653. The van der Waals surface area contributed by atoms with Crippen molar-refractivity contribution in [3.05, 3.63) is 70.4 Å². The van der Waals surface area contributed by atoms with Crippen LogP contribution in [-0.4, -0.2) is 23.9 Å². The van der Waals surface area contributed by atoms with Crippen molar-refractivity contribution >= 4 is 5.82 Å². The van der Waals surface area contributed by atoms with Crippen LogP contribution in [0, 0.1) is 11.6 Å². The van der Waals surface area contributed by atoms with E-state index < -0.39 is 35.5 Å². The van der Waals surface area contributed by atoms with E-state index in [1.807, 2.05) is 0 Å². The van der Waals surface area contributed by atoms with Crippen molar-refractivity contribution in [2.45, 2.75) is 25.1 Å². The summed E-state index contributed by atoms with van der Waals surface area (Å²) in [6, 6.07) is 5.53. The molecule has 0 spiro atoms. The van der Waals surface area contributed by atoms with Crippen molar-refractivity contribution in [3.8, 4) is 11.5 Å². The van der Waals surface area contributed by atoms with Crippen LogP contribution < -0.4 is 14.8 Å². The summed E-state index contributed by atoms with van der Waals surface area (Å²) in [7, 11) is 1.35. The Balaban J connectivity index is 1.64. The number of nitrogens with one attached hydrogen (secondary N) is 2. The first-order valence-corrected chi connectivity index (χ1v) is 9.41. The fourth-order valence-corrected chi connectivity index (χ4v) is 3.77. The molecule has 31 heavy (non-hydrogen) atoms. The van der Waals surface area contributed by atoms with E-state index in [1.165, 1.54) is 13.2 Å². The van der Waals surface area contributed by atoms with Crippen molar-refractivity contribution in [3.63, 3.8) is 0 Å². The van der Waals surface area contributed by atoms with Gasteiger partial charge in [0.1, 0.15) is 24.1 Å². The summed E-state index contributed by atoms with van der Waals surface area (Å²) < 4.78 is 79.1. The fourth-order valence-electron chi connectivity index (χ4n) is 3.77. The van der Waals surface area contributed by atoms with Gasteiger partial charge >= 0.3 is 6.18 Å². The molecule has 1 atom stereocenters. The van der Waals surface area contributed by atoms with Gasteiger partial charge in [0, 0.05) is 29.7 Å². The molecule has 1 aromatic heterocycles. The van der Waals surface area contributed by atoms with Crippen LogP contribution in [-0.2, 0) is 12.8 Å². The number of methoxy groups -OCH3 is 1. The first-order chi connectivity index (χ1) is 14.8. The molecule has 5 nitrogen and oxygen atoms in total. The highest BCUT2D eigenvalue weighted by atomic mass is 19.4. The van der Waals surface area contributed by atoms with Gasteiger partial charge in [0.15, 0.2) is 11.5 Å². The Kier molecular flexibility index (Phi) is 5.47. The topological polar surface area (TPSA) is 59.2 Å². The molecule has 1 unspecified atom stereocenters. The van der Waals surface area contributed by atoms with Crippen LogP contribution >= 0.6 is 0 Å². The van der Waals surface area contributed by atoms with Gasteiger partial charge in [-0.25, -0.2) is 8.78 Å². The average Bonchev–Trinajstić information content (AvgIpc) is 3.20. The maximum atomic E-state index is 15.0. The van der Waals surface area contributed by atoms with Gasteiger partial charge < -0.3 is 14.8 Å². The number of rotatable bonds is 5. The van der Waals surface area contributed by atoms with Gasteiger partial charge in [-0.2, -0.15) is 18.3 Å². The van der Waals surface area contributed by atoms with E-state index in [0.717, 1.165) is 29.8 Å². The average molecular weight is 439 g/mol. The predicted octanol–water partition coefficient (Wildman–Crippen LogP) is 5.24. The molecule has 164 valence electrons. The van der Waals surface area contributed by atoms with E-state index in [1.54, 1.807) is 6.20 Å². The van der Waals surface area contributed by atoms with E-state index in [0.29, 0.717) is 24.3 Å². The molecule has 10 heteroatoms. The molecule has 0 saturated heterocycles. The van der Waals surface area contributed by atoms with Gasteiger partial charge in [-0.3, -0.25) is 5.10 Å². The van der Waals surface area contributed by atoms with Gasteiger partial charge in [-0.15, -0.1) is 0 Å². The van der Waals surface area contributed by atoms with Crippen LogP contribution in [0.3, 0.4) is 0 Å². The van der Waals surface area contributed by atoms with Crippen LogP contribution in [0.15, 0.2) is 36.5 Å². The number of fused-ring (bicyclic) bond motifs is 1. The maximum Gasteiger partial charge on any atom is 0.419 e. The van der Waals surface area contributed by atoms with Crippen molar-refractivity contribution in [1.82, 2.24) is 10.2 Å². The number of H-pyrrole nitrogens is 1. The minimum Gasteiger partial charge on any atom is -0.493 e.